The van der Waals surface area contributed by atoms with E-state index in [1.807, 2.05) is 0 Å². The van der Waals surface area contributed by atoms with Crippen LogP contribution in [0.5, 0.6) is 0 Å². The number of nitrogens with zero attached hydrogens (tertiary/aromatic N) is 1. The molecule has 3 heterocycles. The average molecular weight is 284 g/mol. The lowest BCUT2D eigenvalue weighted by Crippen LogP contribution is -2.51. The van der Waals surface area contributed by atoms with E-state index in [0.29, 0.717) is 17.6 Å². The van der Waals surface area contributed by atoms with Gasteiger partial charge in [0, 0.05) is 30.9 Å². The molecule has 0 bridgehead atoms. The molecule has 0 aliphatic carbocycles. The van der Waals surface area contributed by atoms with Crippen molar-refractivity contribution in [2.75, 3.05) is 37.7 Å². The molecular formula is C15H28N2OS. The highest BCUT2D eigenvalue weighted by Gasteiger charge is 2.33. The summed E-state index contributed by atoms with van der Waals surface area (Å²) in [5, 5.41) is 3.75. The second-order valence-electron chi connectivity index (χ2n) is 7.23. The van der Waals surface area contributed by atoms with Gasteiger partial charge < -0.3 is 10.1 Å². The molecule has 3 saturated heterocycles. The second kappa shape index (κ2) is 5.92. The Morgan fingerprint density at radius 1 is 1.42 bits per heavy atom. The van der Waals surface area contributed by atoms with Gasteiger partial charge in [0.25, 0.3) is 0 Å². The third kappa shape index (κ3) is 3.66. The predicted octanol–water partition coefficient (Wildman–Crippen LogP) is 1.97. The van der Waals surface area contributed by atoms with Crippen LogP contribution in [-0.2, 0) is 4.74 Å². The minimum atomic E-state index is 0.407. The van der Waals surface area contributed by atoms with Gasteiger partial charge in [-0.1, -0.05) is 13.8 Å². The highest BCUT2D eigenvalue weighted by atomic mass is 32.2. The van der Waals surface area contributed by atoms with Crippen molar-refractivity contribution in [1.29, 1.82) is 0 Å². The molecule has 3 unspecified atom stereocenters. The van der Waals surface area contributed by atoms with Crippen LogP contribution in [0.4, 0.5) is 0 Å². The standard InChI is InChI=1S/C15H28N2OS/c1-15(2)6-12(10-19-11-15)16-7-14-8-17-5-3-4-13(17)9-18-14/h12-14,16H,3-11H2,1-2H3. The van der Waals surface area contributed by atoms with E-state index < -0.39 is 0 Å². The zero-order chi connectivity index (χ0) is 13.3. The molecule has 110 valence electrons. The summed E-state index contributed by atoms with van der Waals surface area (Å²) in [5.41, 5.74) is 0.494. The fourth-order valence-corrected chi connectivity index (χ4v) is 5.01. The van der Waals surface area contributed by atoms with Gasteiger partial charge in [-0.05, 0) is 37.0 Å². The minimum absolute atomic E-state index is 0.407. The van der Waals surface area contributed by atoms with Gasteiger partial charge in [-0.15, -0.1) is 0 Å². The van der Waals surface area contributed by atoms with Crippen molar-refractivity contribution in [3.8, 4) is 0 Å². The van der Waals surface area contributed by atoms with Crippen LogP contribution in [0.1, 0.15) is 33.1 Å². The molecule has 3 atom stereocenters. The molecule has 0 saturated carbocycles. The van der Waals surface area contributed by atoms with Crippen LogP contribution in [0.3, 0.4) is 0 Å². The van der Waals surface area contributed by atoms with Gasteiger partial charge in [-0.25, -0.2) is 0 Å². The zero-order valence-electron chi connectivity index (χ0n) is 12.4. The summed E-state index contributed by atoms with van der Waals surface area (Å²) in [7, 11) is 0. The van der Waals surface area contributed by atoms with Crippen LogP contribution in [-0.4, -0.2) is 60.8 Å². The maximum atomic E-state index is 6.02. The summed E-state index contributed by atoms with van der Waals surface area (Å²) in [4.78, 5) is 2.63. The number of nitrogens with one attached hydrogen (secondary N) is 1. The van der Waals surface area contributed by atoms with E-state index in [2.05, 4.69) is 35.8 Å². The molecule has 19 heavy (non-hydrogen) atoms. The lowest BCUT2D eigenvalue weighted by Gasteiger charge is -2.38. The molecular weight excluding hydrogens is 256 g/mol. The first-order valence-corrected chi connectivity index (χ1v) is 8.95. The van der Waals surface area contributed by atoms with Gasteiger partial charge in [0.15, 0.2) is 0 Å². The van der Waals surface area contributed by atoms with Crippen molar-refractivity contribution in [2.45, 2.75) is 51.3 Å². The van der Waals surface area contributed by atoms with Gasteiger partial charge in [-0.2, -0.15) is 11.8 Å². The van der Waals surface area contributed by atoms with E-state index in [9.17, 15) is 0 Å². The molecule has 4 heteroatoms. The third-order valence-electron chi connectivity index (χ3n) is 4.71. The molecule has 3 fully saturated rings. The molecule has 0 spiro atoms. The zero-order valence-corrected chi connectivity index (χ0v) is 13.2. The molecule has 0 aromatic heterocycles. The molecule has 3 aliphatic rings. The molecule has 0 aromatic carbocycles. The fraction of sp³-hybridized carbons (Fsp3) is 1.00. The van der Waals surface area contributed by atoms with Gasteiger partial charge in [0.05, 0.1) is 12.7 Å². The number of rotatable bonds is 3. The van der Waals surface area contributed by atoms with Gasteiger partial charge in [-0.3, -0.25) is 4.90 Å². The summed E-state index contributed by atoms with van der Waals surface area (Å²) in [6.07, 6.45) is 4.42. The summed E-state index contributed by atoms with van der Waals surface area (Å²) in [6, 6.07) is 1.40. The summed E-state index contributed by atoms with van der Waals surface area (Å²) in [6.45, 7) is 9.19. The van der Waals surface area contributed by atoms with Crippen LogP contribution in [0.15, 0.2) is 0 Å². The van der Waals surface area contributed by atoms with E-state index in [1.54, 1.807) is 0 Å². The van der Waals surface area contributed by atoms with Gasteiger partial charge >= 0.3 is 0 Å². The second-order valence-corrected chi connectivity index (χ2v) is 8.27. The molecule has 0 aromatic rings. The molecule has 3 rings (SSSR count). The monoisotopic (exact) mass is 284 g/mol. The largest absolute Gasteiger partial charge is 0.374 e. The highest BCUT2D eigenvalue weighted by Crippen LogP contribution is 2.33. The van der Waals surface area contributed by atoms with Crippen molar-refractivity contribution in [3.05, 3.63) is 0 Å². The van der Waals surface area contributed by atoms with Gasteiger partial charge in [0.2, 0.25) is 0 Å². The Labute approximate surface area is 121 Å². The van der Waals surface area contributed by atoms with Crippen LogP contribution < -0.4 is 5.32 Å². The maximum absolute atomic E-state index is 6.02. The van der Waals surface area contributed by atoms with Crippen molar-refractivity contribution in [2.24, 2.45) is 5.41 Å². The molecule has 1 N–H and O–H groups in total. The van der Waals surface area contributed by atoms with Crippen LogP contribution in [0.2, 0.25) is 0 Å². The highest BCUT2D eigenvalue weighted by molar-refractivity contribution is 7.99. The van der Waals surface area contributed by atoms with Crippen LogP contribution in [0, 0.1) is 5.41 Å². The minimum Gasteiger partial charge on any atom is -0.374 e. The number of hydrogen-bond acceptors (Lipinski definition) is 4. The Kier molecular flexibility index (Phi) is 4.42. The lowest BCUT2D eigenvalue weighted by atomic mass is 9.88. The number of thioether (sulfide) groups is 1. The number of morpholine rings is 1. The Morgan fingerprint density at radius 3 is 3.16 bits per heavy atom. The Morgan fingerprint density at radius 2 is 2.32 bits per heavy atom. The van der Waals surface area contributed by atoms with Crippen molar-refractivity contribution in [1.82, 2.24) is 10.2 Å². The third-order valence-corrected chi connectivity index (χ3v) is 6.33. The quantitative estimate of drug-likeness (QED) is 0.856. The maximum Gasteiger partial charge on any atom is 0.0827 e. The lowest BCUT2D eigenvalue weighted by molar-refractivity contribution is -0.0480. The van der Waals surface area contributed by atoms with E-state index in [0.717, 1.165) is 25.7 Å². The van der Waals surface area contributed by atoms with E-state index in [4.69, 9.17) is 4.74 Å². The number of hydrogen-bond donors (Lipinski definition) is 1. The van der Waals surface area contributed by atoms with E-state index in [1.165, 1.54) is 37.3 Å². The number of ether oxygens (including phenoxy) is 1. The molecule has 3 aliphatic heterocycles. The van der Waals surface area contributed by atoms with Gasteiger partial charge in [0.1, 0.15) is 0 Å². The molecule has 3 nitrogen and oxygen atoms in total. The number of fused-ring (bicyclic) bond motifs is 1. The Hall–Kier alpha value is 0.230. The first kappa shape index (κ1) is 14.2. The molecule has 0 radical (unpaired) electrons. The van der Waals surface area contributed by atoms with Crippen molar-refractivity contribution < 1.29 is 4.74 Å². The topological polar surface area (TPSA) is 24.5 Å². The predicted molar refractivity (Wildman–Crippen MR) is 81.8 cm³/mol. The smallest absolute Gasteiger partial charge is 0.0827 e. The first-order valence-electron chi connectivity index (χ1n) is 7.79. The average Bonchev–Trinajstić information content (AvgIpc) is 2.82. The first-order chi connectivity index (χ1) is 9.12. The SMILES string of the molecule is CC1(C)CSCC(NCC2CN3CCCC3CO2)C1. The normalized spacial score (nSPS) is 39.2. The van der Waals surface area contributed by atoms with Crippen molar-refractivity contribution in [3.63, 3.8) is 0 Å². The summed E-state index contributed by atoms with van der Waals surface area (Å²) >= 11 is 2.10. The Bertz CT molecular complexity index is 311. The van der Waals surface area contributed by atoms with Crippen LogP contribution in [0.25, 0.3) is 0 Å². The molecule has 0 amide bonds. The van der Waals surface area contributed by atoms with Crippen LogP contribution >= 0.6 is 11.8 Å². The van der Waals surface area contributed by atoms with E-state index in [-0.39, 0.29) is 0 Å². The fourth-order valence-electron chi connectivity index (χ4n) is 3.70. The Balaban J connectivity index is 1.42. The summed E-state index contributed by atoms with van der Waals surface area (Å²) < 4.78 is 6.02. The van der Waals surface area contributed by atoms with E-state index >= 15 is 0 Å². The summed E-state index contributed by atoms with van der Waals surface area (Å²) in [5.74, 6) is 2.57. The van der Waals surface area contributed by atoms with Crippen molar-refractivity contribution >= 4 is 11.8 Å².